The van der Waals surface area contributed by atoms with Gasteiger partial charge in [-0.05, 0) is 33.6 Å². The first-order valence-electron chi connectivity index (χ1n) is 8.91. The molecule has 0 amide bonds. The van der Waals surface area contributed by atoms with Gasteiger partial charge in [0.2, 0.25) is 0 Å². The quantitative estimate of drug-likeness (QED) is 0.700. The molecule has 6 heteroatoms. The van der Waals surface area contributed by atoms with Gasteiger partial charge in [0, 0.05) is 38.3 Å². The third-order valence-corrected chi connectivity index (χ3v) is 6.76. The van der Waals surface area contributed by atoms with E-state index in [0.717, 1.165) is 32.5 Å². The molecule has 0 unspecified atom stereocenters. The Hall–Kier alpha value is -0.690. The predicted octanol–water partition coefficient (Wildman–Crippen LogP) is 1.45. The number of hydrogen-bond acceptors (Lipinski definition) is 5. The van der Waals surface area contributed by atoms with Gasteiger partial charge in [-0.3, -0.25) is 9.80 Å². The second-order valence-corrected chi connectivity index (χ2v) is 9.49. The molecule has 138 valence electrons. The highest BCUT2D eigenvalue weighted by Gasteiger charge is 2.45. The number of sulfone groups is 1. The minimum atomic E-state index is -2.97. The lowest BCUT2D eigenvalue weighted by Crippen LogP contribution is -2.59. The number of fused-ring (bicyclic) bond motifs is 1. The van der Waals surface area contributed by atoms with Crippen molar-refractivity contribution in [2.24, 2.45) is 0 Å². The van der Waals surface area contributed by atoms with E-state index >= 15 is 0 Å². The molecule has 2 atom stereocenters. The fraction of sp³-hybridized carbons (Fsp3) is 0.778. The van der Waals surface area contributed by atoms with Gasteiger partial charge in [0.25, 0.3) is 0 Å². The van der Waals surface area contributed by atoms with Crippen molar-refractivity contribution in [3.05, 3.63) is 23.3 Å². The van der Waals surface area contributed by atoms with Gasteiger partial charge in [0.05, 0.1) is 18.1 Å². The molecular weight excluding hydrogens is 324 g/mol. The third kappa shape index (κ3) is 5.41. The Morgan fingerprint density at radius 3 is 2.33 bits per heavy atom. The highest BCUT2D eigenvalue weighted by atomic mass is 32.2. The zero-order valence-electron chi connectivity index (χ0n) is 15.2. The number of piperazine rings is 1. The Labute approximate surface area is 146 Å². The highest BCUT2D eigenvalue weighted by Crippen LogP contribution is 2.26. The van der Waals surface area contributed by atoms with Crippen LogP contribution in [0.5, 0.6) is 0 Å². The molecule has 24 heavy (non-hydrogen) atoms. The van der Waals surface area contributed by atoms with Gasteiger partial charge in [-0.2, -0.15) is 0 Å². The molecule has 2 rings (SSSR count). The molecule has 0 aliphatic carbocycles. The van der Waals surface area contributed by atoms with Crippen LogP contribution in [0.15, 0.2) is 23.3 Å². The standard InChI is InChI=1S/C18H32N2O3S/c1-15(2)5-4-6-16(3)7-8-19-9-10-20(11-12-21)18-14-24(22,23)13-17(18)19/h5,7,17-18,21H,4,6,8-14H2,1-3H3/t17-,18+/m0/s1. The first kappa shape index (κ1) is 19.6. The molecule has 2 saturated heterocycles. The SMILES string of the molecule is CC(C)=CCCC(C)=CCN1CCN(CCO)[C@@H]2CS(=O)(=O)C[C@@H]21. The van der Waals surface area contributed by atoms with Crippen LogP contribution in [0.25, 0.3) is 0 Å². The second-order valence-electron chi connectivity index (χ2n) is 7.34. The molecule has 0 aromatic heterocycles. The summed E-state index contributed by atoms with van der Waals surface area (Å²) in [6.07, 6.45) is 6.63. The maximum Gasteiger partial charge on any atom is 0.153 e. The topological polar surface area (TPSA) is 60.9 Å². The summed E-state index contributed by atoms with van der Waals surface area (Å²) in [5, 5.41) is 9.21. The molecule has 0 saturated carbocycles. The van der Waals surface area contributed by atoms with E-state index in [1.54, 1.807) is 0 Å². The first-order chi connectivity index (χ1) is 11.3. The summed E-state index contributed by atoms with van der Waals surface area (Å²) >= 11 is 0. The maximum atomic E-state index is 12.1. The van der Waals surface area contributed by atoms with Gasteiger partial charge in [-0.15, -0.1) is 0 Å². The van der Waals surface area contributed by atoms with Gasteiger partial charge in [0.15, 0.2) is 9.84 Å². The van der Waals surface area contributed by atoms with Crippen LogP contribution in [0.1, 0.15) is 33.6 Å². The zero-order valence-corrected chi connectivity index (χ0v) is 16.1. The van der Waals surface area contributed by atoms with Gasteiger partial charge < -0.3 is 5.11 Å². The third-order valence-electron chi connectivity index (χ3n) is 5.06. The summed E-state index contributed by atoms with van der Waals surface area (Å²) in [7, 11) is -2.97. The molecule has 5 nitrogen and oxygen atoms in total. The Morgan fingerprint density at radius 2 is 1.71 bits per heavy atom. The lowest BCUT2D eigenvalue weighted by Gasteiger charge is -2.43. The number of hydrogen-bond donors (Lipinski definition) is 1. The van der Waals surface area contributed by atoms with Crippen molar-refractivity contribution in [2.45, 2.75) is 45.7 Å². The number of β-amino-alcohol motifs (C(OH)–C–C–N with tert-alkyl or cyclic N) is 1. The molecule has 0 spiro atoms. The normalized spacial score (nSPS) is 27.9. The van der Waals surface area contributed by atoms with Crippen LogP contribution in [0.3, 0.4) is 0 Å². The van der Waals surface area contributed by atoms with Gasteiger partial charge >= 0.3 is 0 Å². The van der Waals surface area contributed by atoms with Crippen LogP contribution in [-0.2, 0) is 9.84 Å². The average Bonchev–Trinajstić information content (AvgIpc) is 2.82. The lowest BCUT2D eigenvalue weighted by atomic mass is 10.0. The number of allylic oxidation sites excluding steroid dienone is 3. The van der Waals surface area contributed by atoms with E-state index in [0.29, 0.717) is 6.54 Å². The van der Waals surface area contributed by atoms with Crippen molar-refractivity contribution in [2.75, 3.05) is 44.3 Å². The van der Waals surface area contributed by atoms with Crippen LogP contribution in [0.2, 0.25) is 0 Å². The molecule has 2 aliphatic rings. The van der Waals surface area contributed by atoms with E-state index in [1.807, 2.05) is 0 Å². The van der Waals surface area contributed by atoms with Gasteiger partial charge in [-0.25, -0.2) is 8.42 Å². The van der Waals surface area contributed by atoms with Gasteiger partial charge in [-0.1, -0.05) is 23.3 Å². The summed E-state index contributed by atoms with van der Waals surface area (Å²) in [6, 6.07) is 0.104. The minimum absolute atomic E-state index is 0.0373. The van der Waals surface area contributed by atoms with E-state index in [4.69, 9.17) is 0 Å². The molecule has 2 heterocycles. The monoisotopic (exact) mass is 356 g/mol. The Morgan fingerprint density at radius 1 is 1.08 bits per heavy atom. The molecule has 2 aliphatic heterocycles. The lowest BCUT2D eigenvalue weighted by molar-refractivity contribution is 0.0418. The zero-order chi connectivity index (χ0) is 17.7. The summed E-state index contributed by atoms with van der Waals surface area (Å²) in [4.78, 5) is 4.46. The Balaban J connectivity index is 1.97. The largest absolute Gasteiger partial charge is 0.395 e. The number of nitrogens with zero attached hydrogens (tertiary/aromatic N) is 2. The minimum Gasteiger partial charge on any atom is -0.395 e. The first-order valence-corrected chi connectivity index (χ1v) is 10.7. The van der Waals surface area contributed by atoms with Crippen LogP contribution >= 0.6 is 0 Å². The molecule has 0 aromatic carbocycles. The van der Waals surface area contributed by atoms with E-state index in [9.17, 15) is 13.5 Å². The fourth-order valence-corrected chi connectivity index (χ4v) is 5.74. The van der Waals surface area contributed by atoms with Crippen molar-refractivity contribution in [3.63, 3.8) is 0 Å². The molecule has 1 N–H and O–H groups in total. The molecule has 0 aromatic rings. The van der Waals surface area contributed by atoms with Crippen molar-refractivity contribution in [3.8, 4) is 0 Å². The van der Waals surface area contributed by atoms with Crippen molar-refractivity contribution in [1.82, 2.24) is 9.80 Å². The van der Waals surface area contributed by atoms with Crippen LogP contribution in [-0.4, -0.2) is 79.7 Å². The summed E-state index contributed by atoms with van der Waals surface area (Å²) in [5.74, 6) is 0.488. The highest BCUT2D eigenvalue weighted by molar-refractivity contribution is 7.91. The number of rotatable bonds is 7. The van der Waals surface area contributed by atoms with Crippen LogP contribution < -0.4 is 0 Å². The summed E-state index contributed by atoms with van der Waals surface area (Å²) < 4.78 is 24.2. The fourth-order valence-electron chi connectivity index (χ4n) is 3.69. The average molecular weight is 357 g/mol. The van der Waals surface area contributed by atoms with Crippen LogP contribution in [0.4, 0.5) is 0 Å². The predicted molar refractivity (Wildman–Crippen MR) is 98.9 cm³/mol. The summed E-state index contributed by atoms with van der Waals surface area (Å²) in [5.41, 5.74) is 2.71. The number of aliphatic hydroxyl groups excluding tert-OH is 1. The van der Waals surface area contributed by atoms with E-state index in [1.165, 1.54) is 11.1 Å². The van der Waals surface area contributed by atoms with Crippen LogP contribution in [0, 0.1) is 0 Å². The van der Waals surface area contributed by atoms with Crippen molar-refractivity contribution < 1.29 is 13.5 Å². The molecular formula is C18H32N2O3S. The molecule has 0 bridgehead atoms. The van der Waals surface area contributed by atoms with E-state index < -0.39 is 9.84 Å². The second kappa shape index (κ2) is 8.61. The Bertz CT molecular complexity index is 579. The van der Waals surface area contributed by atoms with E-state index in [-0.39, 0.29) is 30.2 Å². The van der Waals surface area contributed by atoms with Crippen molar-refractivity contribution in [1.29, 1.82) is 0 Å². The smallest absolute Gasteiger partial charge is 0.153 e. The number of aliphatic hydroxyl groups is 1. The maximum absolute atomic E-state index is 12.1. The summed E-state index contributed by atoms with van der Waals surface area (Å²) in [6.45, 7) is 9.58. The van der Waals surface area contributed by atoms with E-state index in [2.05, 4.69) is 42.7 Å². The molecule has 0 radical (unpaired) electrons. The van der Waals surface area contributed by atoms with Gasteiger partial charge in [0.1, 0.15) is 0 Å². The molecule has 2 fully saturated rings. The van der Waals surface area contributed by atoms with Crippen molar-refractivity contribution >= 4 is 9.84 Å². The Kier molecular flexibility index (Phi) is 7.04.